The number of methoxy groups -OCH3 is 1. The second-order valence-corrected chi connectivity index (χ2v) is 7.67. The minimum Gasteiger partial charge on any atom is -0.480 e. The molecule has 0 unspecified atom stereocenters. The van der Waals surface area contributed by atoms with E-state index in [-0.39, 0.29) is 17.3 Å². The van der Waals surface area contributed by atoms with Gasteiger partial charge in [-0.1, -0.05) is 6.07 Å². The molecule has 1 aromatic carbocycles. The fourth-order valence-corrected chi connectivity index (χ4v) is 2.85. The molecule has 1 saturated heterocycles. The minimum absolute atomic E-state index is 0.0550. The summed E-state index contributed by atoms with van der Waals surface area (Å²) in [5.74, 6) is -0.0313. The van der Waals surface area contributed by atoms with Crippen molar-refractivity contribution in [2.45, 2.75) is 38.9 Å². The summed E-state index contributed by atoms with van der Waals surface area (Å²) in [4.78, 5) is 27.2. The smallest absolute Gasteiger partial charge is 0.480 e. The Morgan fingerprint density at radius 2 is 1.79 bits per heavy atom. The Balaban J connectivity index is 1.87. The van der Waals surface area contributed by atoms with Crippen LogP contribution in [0.4, 0.5) is 0 Å². The van der Waals surface area contributed by atoms with Crippen LogP contribution >= 0.6 is 0 Å². The Labute approximate surface area is 169 Å². The number of carbonyl (C=O) groups is 2. The molecule has 0 saturated carbocycles. The first-order valence-corrected chi connectivity index (χ1v) is 9.05. The van der Waals surface area contributed by atoms with Gasteiger partial charge in [-0.05, 0) is 51.4 Å². The van der Waals surface area contributed by atoms with Crippen LogP contribution in [0.15, 0.2) is 30.3 Å². The molecule has 152 valence electrons. The van der Waals surface area contributed by atoms with Crippen LogP contribution in [0.2, 0.25) is 0 Å². The molecule has 1 aliphatic heterocycles. The van der Waals surface area contributed by atoms with E-state index in [2.05, 4.69) is 4.98 Å². The maximum Gasteiger partial charge on any atom is 0.495 e. The largest absolute Gasteiger partial charge is 0.495 e. The molecule has 3 rings (SSSR count). The lowest BCUT2D eigenvalue weighted by Gasteiger charge is -2.32. The van der Waals surface area contributed by atoms with Crippen molar-refractivity contribution in [1.82, 2.24) is 4.98 Å². The average Bonchev–Trinajstić information content (AvgIpc) is 2.88. The van der Waals surface area contributed by atoms with Crippen molar-refractivity contribution in [3.8, 4) is 17.5 Å². The third-order valence-electron chi connectivity index (χ3n) is 5.21. The zero-order valence-corrected chi connectivity index (χ0v) is 17.0. The number of pyridine rings is 1. The van der Waals surface area contributed by atoms with Gasteiger partial charge in [0.15, 0.2) is 0 Å². The molecule has 2 N–H and O–H groups in total. The van der Waals surface area contributed by atoms with Gasteiger partial charge in [0.25, 0.3) is 5.91 Å². The summed E-state index contributed by atoms with van der Waals surface area (Å²) in [6.07, 6.45) is 0.720. The van der Waals surface area contributed by atoms with Crippen LogP contribution in [0, 0.1) is 0 Å². The van der Waals surface area contributed by atoms with Gasteiger partial charge in [0.2, 0.25) is 11.8 Å². The number of hydrogen-bond donors (Lipinski definition) is 1. The zero-order valence-electron chi connectivity index (χ0n) is 17.0. The first kappa shape index (κ1) is 20.8. The molecule has 2 heterocycles. The van der Waals surface area contributed by atoms with Gasteiger partial charge in [0.1, 0.15) is 17.6 Å². The lowest BCUT2D eigenvalue weighted by atomic mass is 9.76. The number of amides is 1. The van der Waals surface area contributed by atoms with Crippen LogP contribution in [0.25, 0.3) is 0 Å². The second-order valence-electron chi connectivity index (χ2n) is 7.67. The maximum atomic E-state index is 11.7. The molecule has 1 aliphatic rings. The molecule has 8 nitrogen and oxygen atoms in total. The Bertz CT molecular complexity index is 944. The highest BCUT2D eigenvalue weighted by Crippen LogP contribution is 2.37. The van der Waals surface area contributed by atoms with Crippen LogP contribution in [0.3, 0.4) is 0 Å². The van der Waals surface area contributed by atoms with Crippen molar-refractivity contribution in [2.24, 2.45) is 5.73 Å². The van der Waals surface area contributed by atoms with E-state index in [9.17, 15) is 9.59 Å². The van der Waals surface area contributed by atoms with Crippen LogP contribution < -0.4 is 20.7 Å². The van der Waals surface area contributed by atoms with Gasteiger partial charge in [0, 0.05) is 11.6 Å². The number of hydrogen-bond acceptors (Lipinski definition) is 7. The number of benzene rings is 1. The molecular formula is C20H23BN2O6. The Kier molecular flexibility index (Phi) is 5.38. The lowest BCUT2D eigenvalue weighted by Crippen LogP contribution is -2.41. The minimum atomic E-state index is -0.665. The first-order chi connectivity index (χ1) is 13.6. The summed E-state index contributed by atoms with van der Waals surface area (Å²) in [5, 5.41) is 0. The van der Waals surface area contributed by atoms with E-state index in [4.69, 9.17) is 24.5 Å². The third-order valence-corrected chi connectivity index (χ3v) is 5.21. The molecule has 0 radical (unpaired) electrons. The second kappa shape index (κ2) is 7.49. The molecule has 0 bridgehead atoms. The third kappa shape index (κ3) is 3.97. The summed E-state index contributed by atoms with van der Waals surface area (Å²) in [7, 11) is 0.713. The number of rotatable bonds is 6. The van der Waals surface area contributed by atoms with Crippen LogP contribution in [-0.2, 0) is 9.31 Å². The maximum absolute atomic E-state index is 11.7. The highest BCUT2D eigenvalue weighted by Gasteiger charge is 2.52. The first-order valence-electron chi connectivity index (χ1n) is 9.05. The number of aromatic nitrogens is 1. The van der Waals surface area contributed by atoms with E-state index in [1.807, 2.05) is 27.7 Å². The number of primary amides is 1. The van der Waals surface area contributed by atoms with Gasteiger partial charge in [0.05, 0.1) is 18.3 Å². The van der Waals surface area contributed by atoms with Gasteiger partial charge < -0.3 is 24.5 Å². The molecule has 0 spiro atoms. The zero-order chi connectivity index (χ0) is 21.4. The monoisotopic (exact) mass is 398 g/mol. The van der Waals surface area contributed by atoms with Crippen molar-refractivity contribution in [3.63, 3.8) is 0 Å². The quantitative estimate of drug-likeness (QED) is 0.586. The van der Waals surface area contributed by atoms with Crippen molar-refractivity contribution in [3.05, 3.63) is 41.5 Å². The van der Waals surface area contributed by atoms with Crippen molar-refractivity contribution >= 4 is 24.8 Å². The SMILES string of the molecule is COc1nc(Oc2ccc(B3OC(C)(C)C(C)(C)O3)c(C=O)c2)ccc1C(N)=O. The predicted molar refractivity (Wildman–Crippen MR) is 107 cm³/mol. The molecular weight excluding hydrogens is 375 g/mol. The lowest BCUT2D eigenvalue weighted by molar-refractivity contribution is 0.00578. The van der Waals surface area contributed by atoms with E-state index < -0.39 is 24.2 Å². The summed E-state index contributed by atoms with van der Waals surface area (Å²) < 4.78 is 22.8. The van der Waals surface area contributed by atoms with E-state index >= 15 is 0 Å². The molecule has 1 amide bonds. The highest BCUT2D eigenvalue weighted by molar-refractivity contribution is 6.63. The van der Waals surface area contributed by atoms with Crippen molar-refractivity contribution < 1.29 is 28.4 Å². The van der Waals surface area contributed by atoms with Gasteiger partial charge >= 0.3 is 7.12 Å². The Hall–Kier alpha value is -2.91. The van der Waals surface area contributed by atoms with E-state index in [0.717, 1.165) is 6.29 Å². The molecule has 2 aromatic rings. The average molecular weight is 398 g/mol. The molecule has 9 heteroatoms. The summed E-state index contributed by atoms with van der Waals surface area (Å²) in [5.41, 5.74) is 5.38. The topological polar surface area (TPSA) is 110 Å². The van der Waals surface area contributed by atoms with E-state index in [1.54, 1.807) is 18.2 Å². The Morgan fingerprint density at radius 3 is 2.34 bits per heavy atom. The van der Waals surface area contributed by atoms with Crippen LogP contribution in [0.1, 0.15) is 48.4 Å². The summed E-state index contributed by atoms with van der Waals surface area (Å²) in [6, 6.07) is 7.93. The molecule has 1 aromatic heterocycles. The predicted octanol–water partition coefficient (Wildman–Crippen LogP) is 2.09. The van der Waals surface area contributed by atoms with Gasteiger partial charge in [-0.2, -0.15) is 4.98 Å². The van der Waals surface area contributed by atoms with Crippen LogP contribution in [-0.4, -0.2) is 42.6 Å². The normalized spacial score (nSPS) is 17.1. The number of carbonyl (C=O) groups excluding carboxylic acids is 2. The van der Waals surface area contributed by atoms with Gasteiger partial charge in [-0.3, -0.25) is 9.59 Å². The number of aldehydes is 1. The molecule has 0 atom stereocenters. The highest BCUT2D eigenvalue weighted by atomic mass is 16.7. The molecule has 0 aliphatic carbocycles. The molecule has 1 fully saturated rings. The number of ether oxygens (including phenoxy) is 2. The molecule has 29 heavy (non-hydrogen) atoms. The number of nitrogens with zero attached hydrogens (tertiary/aromatic N) is 1. The fourth-order valence-electron chi connectivity index (χ4n) is 2.85. The van der Waals surface area contributed by atoms with E-state index in [0.29, 0.717) is 16.8 Å². The summed E-state index contributed by atoms with van der Waals surface area (Å²) >= 11 is 0. The van der Waals surface area contributed by atoms with Gasteiger partial charge in [-0.15, -0.1) is 0 Å². The number of nitrogens with two attached hydrogens (primary N) is 1. The summed E-state index contributed by atoms with van der Waals surface area (Å²) in [6.45, 7) is 7.78. The van der Waals surface area contributed by atoms with Crippen molar-refractivity contribution in [1.29, 1.82) is 0 Å². The van der Waals surface area contributed by atoms with Crippen LogP contribution in [0.5, 0.6) is 17.5 Å². The Morgan fingerprint density at radius 1 is 1.14 bits per heavy atom. The fraction of sp³-hybridized carbons (Fsp3) is 0.350. The standard InChI is InChI=1S/C20H23BN2O6/c1-19(2)20(3,4)29-21(28-19)15-8-6-13(10-12(15)11-24)27-16-9-7-14(17(22)25)18(23-16)26-5/h6-11H,1-5H3,(H2,22,25). The van der Waals surface area contributed by atoms with E-state index in [1.165, 1.54) is 19.2 Å². The van der Waals surface area contributed by atoms with Gasteiger partial charge in [-0.25, -0.2) is 0 Å². The van der Waals surface area contributed by atoms with Crippen molar-refractivity contribution in [2.75, 3.05) is 7.11 Å².